The Morgan fingerprint density at radius 2 is 1.87 bits per heavy atom. The molecule has 0 saturated heterocycles. The van der Waals surface area contributed by atoms with E-state index in [2.05, 4.69) is 6.58 Å². The van der Waals surface area contributed by atoms with Gasteiger partial charge in [-0.1, -0.05) is 6.08 Å². The Hall–Kier alpha value is -1.22. The first-order chi connectivity index (χ1) is 7.11. The van der Waals surface area contributed by atoms with Gasteiger partial charge in [-0.3, -0.25) is 0 Å². The molecule has 1 nitrogen and oxygen atoms in total. The summed E-state index contributed by atoms with van der Waals surface area (Å²) in [7, 11) is 0. The van der Waals surface area contributed by atoms with Gasteiger partial charge in [0.05, 0.1) is 6.10 Å². The Bertz CT molecular complexity index is 316. The number of benzene rings is 1. The third-order valence-electron chi connectivity index (χ3n) is 2.10. The second-order valence-electron chi connectivity index (χ2n) is 3.50. The molecule has 0 aliphatic rings. The van der Waals surface area contributed by atoms with Crippen LogP contribution >= 0.6 is 0 Å². The maximum Gasteiger partial charge on any atom is 0.126 e. The molecule has 3 heteroatoms. The molecule has 0 aromatic heterocycles. The molecule has 1 unspecified atom stereocenters. The Morgan fingerprint density at radius 1 is 1.27 bits per heavy atom. The van der Waals surface area contributed by atoms with Crippen LogP contribution in [0.5, 0.6) is 0 Å². The van der Waals surface area contributed by atoms with Gasteiger partial charge >= 0.3 is 0 Å². The normalized spacial score (nSPS) is 12.5. The molecule has 1 rings (SSSR count). The van der Waals surface area contributed by atoms with Crippen LogP contribution in [0, 0.1) is 11.6 Å². The molecule has 82 valence electrons. The zero-order chi connectivity index (χ0) is 11.3. The van der Waals surface area contributed by atoms with E-state index in [-0.39, 0.29) is 6.42 Å². The van der Waals surface area contributed by atoms with Crippen molar-refractivity contribution in [3.8, 4) is 0 Å². The first kappa shape index (κ1) is 11.9. The van der Waals surface area contributed by atoms with Crippen molar-refractivity contribution in [3.05, 3.63) is 48.1 Å². The molecule has 1 aromatic carbocycles. The average Bonchev–Trinajstić information content (AvgIpc) is 2.13. The van der Waals surface area contributed by atoms with Crippen LogP contribution in [0.3, 0.4) is 0 Å². The summed E-state index contributed by atoms with van der Waals surface area (Å²) in [5, 5.41) is 9.52. The summed E-state index contributed by atoms with van der Waals surface area (Å²) < 4.78 is 25.6. The highest BCUT2D eigenvalue weighted by atomic mass is 19.1. The molecule has 15 heavy (non-hydrogen) atoms. The highest BCUT2D eigenvalue weighted by Gasteiger charge is 2.07. The van der Waals surface area contributed by atoms with Crippen LogP contribution in [0.4, 0.5) is 8.78 Å². The van der Waals surface area contributed by atoms with Crippen molar-refractivity contribution in [1.29, 1.82) is 0 Å². The molecule has 0 fully saturated rings. The van der Waals surface area contributed by atoms with Crippen LogP contribution in [0.25, 0.3) is 0 Å². The van der Waals surface area contributed by atoms with Gasteiger partial charge < -0.3 is 5.11 Å². The third-order valence-corrected chi connectivity index (χ3v) is 2.10. The molecule has 0 bridgehead atoms. The van der Waals surface area contributed by atoms with Crippen molar-refractivity contribution in [1.82, 2.24) is 0 Å². The summed E-state index contributed by atoms with van der Waals surface area (Å²) in [6.45, 7) is 3.54. The van der Waals surface area contributed by atoms with Gasteiger partial charge in [-0.15, -0.1) is 6.58 Å². The van der Waals surface area contributed by atoms with Gasteiger partial charge in [0.1, 0.15) is 11.6 Å². The fourth-order valence-corrected chi connectivity index (χ4v) is 1.41. The zero-order valence-electron chi connectivity index (χ0n) is 8.42. The Morgan fingerprint density at radius 3 is 2.40 bits per heavy atom. The largest absolute Gasteiger partial charge is 0.393 e. The summed E-state index contributed by atoms with van der Waals surface area (Å²) in [5.74, 6) is -1.22. The van der Waals surface area contributed by atoms with E-state index in [1.54, 1.807) is 6.08 Å². The monoisotopic (exact) mass is 212 g/mol. The van der Waals surface area contributed by atoms with E-state index in [1.807, 2.05) is 0 Å². The third kappa shape index (κ3) is 4.21. The molecule has 0 aliphatic carbocycles. The van der Waals surface area contributed by atoms with Crippen molar-refractivity contribution in [3.63, 3.8) is 0 Å². The van der Waals surface area contributed by atoms with Gasteiger partial charge in [-0.25, -0.2) is 8.78 Å². The second kappa shape index (κ2) is 5.61. The maximum absolute atomic E-state index is 12.8. The molecule has 0 radical (unpaired) electrons. The lowest BCUT2D eigenvalue weighted by atomic mass is 10.0. The molecule has 0 aliphatic heterocycles. The van der Waals surface area contributed by atoms with E-state index in [4.69, 9.17) is 0 Å². The predicted molar refractivity (Wildman–Crippen MR) is 55.5 cm³/mol. The number of aliphatic hydroxyl groups excluding tert-OH is 1. The Balaban J connectivity index is 2.59. The van der Waals surface area contributed by atoms with E-state index in [1.165, 1.54) is 12.1 Å². The quantitative estimate of drug-likeness (QED) is 0.744. The summed E-state index contributed by atoms with van der Waals surface area (Å²) >= 11 is 0. The topological polar surface area (TPSA) is 20.2 Å². The number of aliphatic hydroxyl groups is 1. The first-order valence-corrected chi connectivity index (χ1v) is 4.85. The van der Waals surface area contributed by atoms with Crippen LogP contribution in [0.2, 0.25) is 0 Å². The number of rotatable bonds is 5. The Kier molecular flexibility index (Phi) is 4.43. The van der Waals surface area contributed by atoms with Crippen LogP contribution in [-0.2, 0) is 6.42 Å². The van der Waals surface area contributed by atoms with Crippen molar-refractivity contribution < 1.29 is 13.9 Å². The summed E-state index contributed by atoms with van der Waals surface area (Å²) in [4.78, 5) is 0. The van der Waals surface area contributed by atoms with E-state index in [0.29, 0.717) is 18.4 Å². The lowest BCUT2D eigenvalue weighted by Crippen LogP contribution is -2.10. The number of halogens is 2. The fraction of sp³-hybridized carbons (Fsp3) is 0.333. The van der Waals surface area contributed by atoms with Crippen molar-refractivity contribution in [2.75, 3.05) is 0 Å². The molecule has 1 aromatic rings. The van der Waals surface area contributed by atoms with E-state index < -0.39 is 17.7 Å². The molecule has 1 N–H and O–H groups in total. The van der Waals surface area contributed by atoms with Gasteiger partial charge in [-0.2, -0.15) is 0 Å². The molecular weight excluding hydrogens is 198 g/mol. The van der Waals surface area contributed by atoms with Crippen LogP contribution in [0.15, 0.2) is 30.9 Å². The highest BCUT2D eigenvalue weighted by Crippen LogP contribution is 2.12. The van der Waals surface area contributed by atoms with Crippen LogP contribution in [0.1, 0.15) is 18.4 Å². The van der Waals surface area contributed by atoms with Gasteiger partial charge in [0.2, 0.25) is 0 Å². The van der Waals surface area contributed by atoms with Crippen molar-refractivity contribution in [2.24, 2.45) is 0 Å². The summed E-state index contributed by atoms with van der Waals surface area (Å²) in [5.41, 5.74) is 0.476. The molecular formula is C12H14F2O. The van der Waals surface area contributed by atoms with E-state index >= 15 is 0 Å². The van der Waals surface area contributed by atoms with Crippen LogP contribution in [-0.4, -0.2) is 11.2 Å². The number of allylic oxidation sites excluding steroid dienone is 1. The highest BCUT2D eigenvalue weighted by molar-refractivity contribution is 5.18. The van der Waals surface area contributed by atoms with Crippen molar-refractivity contribution in [2.45, 2.75) is 25.4 Å². The molecule has 0 spiro atoms. The summed E-state index contributed by atoms with van der Waals surface area (Å²) in [6.07, 6.45) is 2.64. The SMILES string of the molecule is C=CCCC(O)Cc1cc(F)cc(F)c1. The van der Waals surface area contributed by atoms with Gasteiger partial charge in [0.25, 0.3) is 0 Å². The number of hydrogen-bond acceptors (Lipinski definition) is 1. The average molecular weight is 212 g/mol. The van der Waals surface area contributed by atoms with Gasteiger partial charge in [0.15, 0.2) is 0 Å². The molecule has 0 heterocycles. The predicted octanol–water partition coefficient (Wildman–Crippen LogP) is 2.83. The minimum atomic E-state index is -0.610. The lowest BCUT2D eigenvalue weighted by molar-refractivity contribution is 0.166. The smallest absolute Gasteiger partial charge is 0.126 e. The van der Waals surface area contributed by atoms with Gasteiger partial charge in [-0.05, 0) is 37.0 Å². The lowest BCUT2D eigenvalue weighted by Gasteiger charge is -2.09. The zero-order valence-corrected chi connectivity index (χ0v) is 8.42. The van der Waals surface area contributed by atoms with E-state index in [9.17, 15) is 13.9 Å². The maximum atomic E-state index is 12.8. The molecule has 0 saturated carbocycles. The standard InChI is InChI=1S/C12H14F2O/c1-2-3-4-12(15)7-9-5-10(13)8-11(14)6-9/h2,5-6,8,12,15H,1,3-4,7H2. The number of hydrogen-bond donors (Lipinski definition) is 1. The summed E-state index contributed by atoms with van der Waals surface area (Å²) in [6, 6.07) is 3.29. The Labute approximate surface area is 88.1 Å². The van der Waals surface area contributed by atoms with Gasteiger partial charge in [0, 0.05) is 6.07 Å². The molecule has 1 atom stereocenters. The molecule has 0 amide bonds. The second-order valence-corrected chi connectivity index (χ2v) is 3.50. The minimum Gasteiger partial charge on any atom is -0.393 e. The first-order valence-electron chi connectivity index (χ1n) is 4.85. The van der Waals surface area contributed by atoms with E-state index in [0.717, 1.165) is 6.07 Å². The van der Waals surface area contributed by atoms with Crippen molar-refractivity contribution >= 4 is 0 Å². The van der Waals surface area contributed by atoms with Crippen LogP contribution < -0.4 is 0 Å². The minimum absolute atomic E-state index is 0.266. The fourth-order valence-electron chi connectivity index (χ4n) is 1.41.